The fraction of sp³-hybridized carbons (Fsp3) is 0.471. The Kier molecular flexibility index (Phi) is 4.88. The second-order valence-corrected chi connectivity index (χ2v) is 7.50. The van der Waals surface area contributed by atoms with E-state index < -0.39 is 4.92 Å². The molecule has 9 nitrogen and oxygen atoms in total. The molecular formula is C17H20N6O3S. The first-order valence-corrected chi connectivity index (χ1v) is 9.90. The van der Waals surface area contributed by atoms with Crippen molar-refractivity contribution in [1.29, 1.82) is 0 Å². The molecule has 1 N–H and O–H groups in total. The van der Waals surface area contributed by atoms with Gasteiger partial charge in [0.05, 0.1) is 10.5 Å². The van der Waals surface area contributed by atoms with Crippen molar-refractivity contribution in [2.24, 2.45) is 0 Å². The molecule has 0 atom stereocenters. The summed E-state index contributed by atoms with van der Waals surface area (Å²) in [6, 6.07) is 2.10. The summed E-state index contributed by atoms with van der Waals surface area (Å²) < 4.78 is 0. The largest absolute Gasteiger partial charge is 0.361 e. The van der Waals surface area contributed by atoms with Crippen molar-refractivity contribution in [2.45, 2.75) is 25.3 Å². The lowest BCUT2D eigenvalue weighted by Crippen LogP contribution is -2.35. The Morgan fingerprint density at radius 1 is 1.30 bits per heavy atom. The van der Waals surface area contributed by atoms with E-state index in [1.165, 1.54) is 17.5 Å². The number of thiophene rings is 1. The Hall–Kier alpha value is -2.75. The first-order chi connectivity index (χ1) is 13.1. The van der Waals surface area contributed by atoms with Crippen LogP contribution in [0.2, 0.25) is 0 Å². The van der Waals surface area contributed by atoms with Crippen molar-refractivity contribution in [1.82, 2.24) is 14.9 Å². The van der Waals surface area contributed by atoms with Crippen LogP contribution in [0.4, 0.5) is 17.5 Å². The Labute approximate surface area is 160 Å². The molecule has 1 amide bonds. The molecule has 3 heterocycles. The first kappa shape index (κ1) is 17.7. The van der Waals surface area contributed by atoms with Crippen LogP contribution in [0.3, 0.4) is 0 Å². The van der Waals surface area contributed by atoms with Crippen molar-refractivity contribution >= 4 is 34.7 Å². The van der Waals surface area contributed by atoms with E-state index in [-0.39, 0.29) is 23.5 Å². The predicted molar refractivity (Wildman–Crippen MR) is 102 cm³/mol. The van der Waals surface area contributed by atoms with Crippen LogP contribution >= 0.6 is 11.3 Å². The minimum absolute atomic E-state index is 0.0406. The van der Waals surface area contributed by atoms with Gasteiger partial charge in [-0.2, -0.15) is 16.3 Å². The Balaban J connectivity index is 1.48. The molecule has 0 bridgehead atoms. The summed E-state index contributed by atoms with van der Waals surface area (Å²) in [4.78, 5) is 35.8. The van der Waals surface area contributed by atoms with E-state index in [0.29, 0.717) is 32.1 Å². The highest BCUT2D eigenvalue weighted by Crippen LogP contribution is 2.30. The van der Waals surface area contributed by atoms with Crippen LogP contribution in [-0.4, -0.2) is 57.9 Å². The number of hydrogen-bond acceptors (Lipinski definition) is 8. The molecule has 1 saturated heterocycles. The molecule has 2 aromatic rings. The summed E-state index contributed by atoms with van der Waals surface area (Å²) in [6.07, 6.45) is 4.06. The van der Waals surface area contributed by atoms with Crippen molar-refractivity contribution in [3.8, 4) is 0 Å². The number of anilines is 2. The van der Waals surface area contributed by atoms with E-state index in [1.54, 1.807) is 0 Å². The minimum Gasteiger partial charge on any atom is -0.361 e. The molecule has 1 aliphatic heterocycles. The highest BCUT2D eigenvalue weighted by atomic mass is 32.1. The Bertz CT molecular complexity index is 839. The van der Waals surface area contributed by atoms with Gasteiger partial charge in [-0.1, -0.05) is 0 Å². The fourth-order valence-corrected chi connectivity index (χ4v) is 3.70. The maximum atomic E-state index is 12.6. The van der Waals surface area contributed by atoms with Crippen LogP contribution in [0.5, 0.6) is 0 Å². The van der Waals surface area contributed by atoms with Gasteiger partial charge in [0, 0.05) is 37.6 Å². The number of hydrogen-bond donors (Lipinski definition) is 1. The third-order valence-corrected chi connectivity index (χ3v) is 5.39. The zero-order valence-electron chi connectivity index (χ0n) is 14.7. The summed E-state index contributed by atoms with van der Waals surface area (Å²) in [5.41, 5.74) is 0.616. The maximum absolute atomic E-state index is 12.6. The van der Waals surface area contributed by atoms with Crippen molar-refractivity contribution in [3.63, 3.8) is 0 Å². The monoisotopic (exact) mass is 388 g/mol. The maximum Gasteiger partial charge on any atom is 0.329 e. The van der Waals surface area contributed by atoms with Crippen LogP contribution < -0.4 is 10.2 Å². The van der Waals surface area contributed by atoms with Gasteiger partial charge in [-0.15, -0.1) is 0 Å². The lowest BCUT2D eigenvalue weighted by atomic mass is 10.3. The van der Waals surface area contributed by atoms with E-state index in [1.807, 2.05) is 26.6 Å². The number of carbonyl (C=O) groups is 1. The number of nitrogens with zero attached hydrogens (tertiary/aromatic N) is 5. The molecule has 1 aliphatic carbocycles. The van der Waals surface area contributed by atoms with Gasteiger partial charge < -0.3 is 15.1 Å². The van der Waals surface area contributed by atoms with Crippen molar-refractivity contribution in [2.75, 3.05) is 36.4 Å². The third kappa shape index (κ3) is 4.00. The Morgan fingerprint density at radius 3 is 2.85 bits per heavy atom. The van der Waals surface area contributed by atoms with Gasteiger partial charge >= 0.3 is 5.69 Å². The van der Waals surface area contributed by atoms with E-state index in [4.69, 9.17) is 0 Å². The van der Waals surface area contributed by atoms with Crippen LogP contribution in [0.25, 0.3) is 0 Å². The molecule has 27 heavy (non-hydrogen) atoms. The molecule has 0 spiro atoms. The van der Waals surface area contributed by atoms with Gasteiger partial charge in [0.15, 0.2) is 0 Å². The fourth-order valence-electron chi connectivity index (χ4n) is 3.07. The van der Waals surface area contributed by atoms with Gasteiger partial charge in [0.1, 0.15) is 6.20 Å². The molecule has 2 fully saturated rings. The van der Waals surface area contributed by atoms with E-state index in [2.05, 4.69) is 15.3 Å². The average Bonchev–Trinajstić information content (AvgIpc) is 3.37. The number of aromatic nitrogens is 2. The van der Waals surface area contributed by atoms with Gasteiger partial charge in [-0.05, 0) is 30.7 Å². The average molecular weight is 388 g/mol. The topological polar surface area (TPSA) is 104 Å². The number of amides is 1. The molecule has 4 rings (SSSR count). The number of nitrogens with one attached hydrogen (secondary N) is 1. The summed E-state index contributed by atoms with van der Waals surface area (Å²) in [6.45, 7) is 2.54. The van der Waals surface area contributed by atoms with Crippen LogP contribution in [-0.2, 0) is 0 Å². The molecule has 2 aliphatic rings. The van der Waals surface area contributed by atoms with Crippen LogP contribution in [0.15, 0.2) is 23.0 Å². The van der Waals surface area contributed by atoms with Gasteiger partial charge in [-0.3, -0.25) is 14.9 Å². The molecule has 142 valence electrons. The zero-order valence-corrected chi connectivity index (χ0v) is 15.5. The third-order valence-electron chi connectivity index (χ3n) is 4.71. The summed E-state index contributed by atoms with van der Waals surface area (Å²) in [7, 11) is 0. The minimum atomic E-state index is -0.460. The van der Waals surface area contributed by atoms with Crippen molar-refractivity contribution < 1.29 is 9.72 Å². The molecule has 0 aromatic carbocycles. The van der Waals surface area contributed by atoms with Gasteiger partial charge in [0.2, 0.25) is 11.8 Å². The molecular weight excluding hydrogens is 368 g/mol. The second-order valence-electron chi connectivity index (χ2n) is 6.72. The summed E-state index contributed by atoms with van der Waals surface area (Å²) >= 11 is 1.51. The van der Waals surface area contributed by atoms with Gasteiger partial charge in [-0.25, -0.2) is 4.98 Å². The summed E-state index contributed by atoms with van der Waals surface area (Å²) in [5, 5.41) is 18.1. The smallest absolute Gasteiger partial charge is 0.329 e. The highest BCUT2D eigenvalue weighted by Gasteiger charge is 2.28. The van der Waals surface area contributed by atoms with Crippen LogP contribution in [0, 0.1) is 10.1 Å². The second kappa shape index (κ2) is 7.47. The molecule has 0 unspecified atom stereocenters. The quantitative estimate of drug-likeness (QED) is 0.619. The number of carbonyl (C=O) groups excluding carboxylic acids is 1. The summed E-state index contributed by atoms with van der Waals surface area (Å²) in [5.74, 6) is 0.787. The molecule has 2 aromatic heterocycles. The SMILES string of the molecule is O=C(c1ccsc1)N1CCCN(c2ncc([N+](=O)[O-])c(NC3CC3)n2)CC1. The predicted octanol–water partition coefficient (Wildman–Crippen LogP) is 2.37. The first-order valence-electron chi connectivity index (χ1n) is 8.96. The number of nitro groups is 1. The van der Waals surface area contributed by atoms with Crippen LogP contribution in [0.1, 0.15) is 29.6 Å². The van der Waals surface area contributed by atoms with E-state index in [9.17, 15) is 14.9 Å². The van der Waals surface area contributed by atoms with E-state index >= 15 is 0 Å². The molecule has 0 radical (unpaired) electrons. The Morgan fingerprint density at radius 2 is 2.15 bits per heavy atom. The normalized spacial score (nSPS) is 17.5. The zero-order chi connectivity index (χ0) is 18.8. The molecule has 10 heteroatoms. The highest BCUT2D eigenvalue weighted by molar-refractivity contribution is 7.08. The lowest BCUT2D eigenvalue weighted by Gasteiger charge is -2.22. The number of rotatable bonds is 5. The lowest BCUT2D eigenvalue weighted by molar-refractivity contribution is -0.384. The van der Waals surface area contributed by atoms with Crippen molar-refractivity contribution in [3.05, 3.63) is 38.7 Å². The standard InChI is InChI=1S/C17H20N6O3S/c24-16(12-4-9-27-11-12)21-5-1-6-22(8-7-21)17-18-10-14(23(25)26)15(20-17)19-13-2-3-13/h4,9-11,13H,1-3,5-8H2,(H,18,19,20). The van der Waals surface area contributed by atoms with E-state index in [0.717, 1.165) is 24.8 Å². The van der Waals surface area contributed by atoms with Gasteiger partial charge in [0.25, 0.3) is 5.91 Å². The molecule has 1 saturated carbocycles.